The lowest BCUT2D eigenvalue weighted by Gasteiger charge is -2.14. The summed E-state index contributed by atoms with van der Waals surface area (Å²) in [6, 6.07) is 8.43. The van der Waals surface area contributed by atoms with E-state index in [1.165, 1.54) is 6.07 Å². The van der Waals surface area contributed by atoms with Gasteiger partial charge in [-0.05, 0) is 32.3 Å². The lowest BCUT2D eigenvalue weighted by Crippen LogP contribution is -2.34. The average Bonchev–Trinajstić information content (AvgIpc) is 3.18. The molecule has 0 spiro atoms. The minimum absolute atomic E-state index is 0.00461. The Hall–Kier alpha value is -2.74. The lowest BCUT2D eigenvalue weighted by atomic mass is 10.1. The van der Waals surface area contributed by atoms with E-state index in [1.807, 2.05) is 25.1 Å². The van der Waals surface area contributed by atoms with Crippen molar-refractivity contribution in [2.75, 3.05) is 34.2 Å². The molecule has 7 nitrogen and oxygen atoms in total. The monoisotopic (exact) mass is 387 g/mol. The van der Waals surface area contributed by atoms with Crippen LogP contribution in [0.3, 0.4) is 0 Å². The molecule has 3 rings (SSSR count). The summed E-state index contributed by atoms with van der Waals surface area (Å²) in [5.74, 6) is -0.736. The molecule has 0 aliphatic carbocycles. The molecule has 0 bridgehead atoms. The Kier molecular flexibility index (Phi) is 6.08. The summed E-state index contributed by atoms with van der Waals surface area (Å²) in [5.41, 5.74) is 1.97. The molecule has 0 unspecified atom stereocenters. The van der Waals surface area contributed by atoms with Gasteiger partial charge in [-0.15, -0.1) is 0 Å². The summed E-state index contributed by atoms with van der Waals surface area (Å²) in [5, 5.41) is 7.44. The van der Waals surface area contributed by atoms with Crippen LogP contribution in [0.4, 0.5) is 4.39 Å². The molecule has 2 aromatic rings. The van der Waals surface area contributed by atoms with Crippen molar-refractivity contribution in [3.63, 3.8) is 0 Å². The van der Waals surface area contributed by atoms with E-state index in [0.717, 1.165) is 5.69 Å². The van der Waals surface area contributed by atoms with Gasteiger partial charge >= 0.3 is 0 Å². The average molecular weight is 387 g/mol. The van der Waals surface area contributed by atoms with Crippen molar-refractivity contribution in [3.8, 4) is 11.3 Å². The molecule has 1 aromatic heterocycles. The molecule has 0 saturated carbocycles. The topological polar surface area (TPSA) is 70.5 Å². The molecule has 1 fully saturated rings. The first-order valence-electron chi connectivity index (χ1n) is 9.33. The lowest BCUT2D eigenvalue weighted by molar-refractivity contribution is -0.128. The SMILES string of the molecule is CN(C)Cc1cc(-c2ccccc2F)nn1CCNC(=O)[C@@H]1CC(=O)N(C)C1. The Morgan fingerprint density at radius 1 is 1.36 bits per heavy atom. The van der Waals surface area contributed by atoms with Gasteiger partial charge in [-0.1, -0.05) is 12.1 Å². The molecule has 1 aromatic carbocycles. The smallest absolute Gasteiger partial charge is 0.225 e. The van der Waals surface area contributed by atoms with Gasteiger partial charge in [0.2, 0.25) is 11.8 Å². The van der Waals surface area contributed by atoms with E-state index in [2.05, 4.69) is 10.4 Å². The second kappa shape index (κ2) is 8.52. The van der Waals surface area contributed by atoms with E-state index in [-0.39, 0.29) is 30.0 Å². The maximum atomic E-state index is 14.1. The summed E-state index contributed by atoms with van der Waals surface area (Å²) >= 11 is 0. The second-order valence-electron chi connectivity index (χ2n) is 7.43. The van der Waals surface area contributed by atoms with E-state index in [4.69, 9.17) is 0 Å². The number of carbonyl (C=O) groups excluding carboxylic acids is 2. The molecule has 1 aliphatic heterocycles. The number of hydrogen-bond donors (Lipinski definition) is 1. The van der Waals surface area contributed by atoms with Crippen molar-refractivity contribution in [2.45, 2.75) is 19.5 Å². The molecular weight excluding hydrogens is 361 g/mol. The van der Waals surface area contributed by atoms with Gasteiger partial charge in [0.15, 0.2) is 0 Å². The molecule has 150 valence electrons. The van der Waals surface area contributed by atoms with Gasteiger partial charge in [0, 0.05) is 38.7 Å². The first kappa shape index (κ1) is 20.0. The standard InChI is InChI=1S/C20H26FN5O2/c1-24(2)13-15-11-18(16-6-4-5-7-17(16)21)23-26(15)9-8-22-20(28)14-10-19(27)25(3)12-14/h4-7,11,14H,8-10,12-13H2,1-3H3,(H,22,28)/t14-/m1/s1. The zero-order valence-corrected chi connectivity index (χ0v) is 16.5. The number of benzene rings is 1. The molecule has 1 aliphatic rings. The Labute approximate surface area is 164 Å². The largest absolute Gasteiger partial charge is 0.354 e. The normalized spacial score (nSPS) is 16.8. The maximum Gasteiger partial charge on any atom is 0.225 e. The Morgan fingerprint density at radius 3 is 2.75 bits per heavy atom. The van der Waals surface area contributed by atoms with Crippen molar-refractivity contribution in [2.24, 2.45) is 5.92 Å². The van der Waals surface area contributed by atoms with Crippen molar-refractivity contribution in [1.82, 2.24) is 24.9 Å². The van der Waals surface area contributed by atoms with E-state index in [9.17, 15) is 14.0 Å². The molecule has 1 saturated heterocycles. The van der Waals surface area contributed by atoms with Crippen LogP contribution in [0.15, 0.2) is 30.3 Å². The van der Waals surface area contributed by atoms with Crippen molar-refractivity contribution < 1.29 is 14.0 Å². The first-order valence-corrected chi connectivity index (χ1v) is 9.33. The van der Waals surface area contributed by atoms with Gasteiger partial charge < -0.3 is 15.1 Å². The molecule has 2 amide bonds. The second-order valence-corrected chi connectivity index (χ2v) is 7.43. The van der Waals surface area contributed by atoms with E-state index in [0.29, 0.717) is 37.4 Å². The predicted molar refractivity (Wildman–Crippen MR) is 104 cm³/mol. The van der Waals surface area contributed by atoms with Crippen LogP contribution >= 0.6 is 0 Å². The maximum absolute atomic E-state index is 14.1. The first-order chi connectivity index (χ1) is 13.3. The highest BCUT2D eigenvalue weighted by Crippen LogP contribution is 2.23. The third kappa shape index (κ3) is 4.56. The van der Waals surface area contributed by atoms with Crippen molar-refractivity contribution in [3.05, 3.63) is 41.8 Å². The highest BCUT2D eigenvalue weighted by molar-refractivity contribution is 5.89. The van der Waals surface area contributed by atoms with Crippen molar-refractivity contribution >= 4 is 11.8 Å². The van der Waals surface area contributed by atoms with Crippen molar-refractivity contribution in [1.29, 1.82) is 0 Å². The molecule has 0 radical (unpaired) electrons. The van der Waals surface area contributed by atoms with Gasteiger partial charge in [0.25, 0.3) is 0 Å². The van der Waals surface area contributed by atoms with Gasteiger partial charge in [0.1, 0.15) is 5.82 Å². The number of amides is 2. The van der Waals surface area contributed by atoms with Gasteiger partial charge in [-0.2, -0.15) is 5.10 Å². The molecule has 2 heterocycles. The third-order valence-corrected chi connectivity index (χ3v) is 4.83. The minimum Gasteiger partial charge on any atom is -0.354 e. The number of likely N-dealkylation sites (tertiary alicyclic amines) is 1. The minimum atomic E-state index is -0.313. The fourth-order valence-electron chi connectivity index (χ4n) is 3.37. The fraction of sp³-hybridized carbons (Fsp3) is 0.450. The van der Waals surface area contributed by atoms with Crippen LogP contribution in [0.1, 0.15) is 12.1 Å². The van der Waals surface area contributed by atoms with Crippen LogP contribution < -0.4 is 5.32 Å². The number of halogens is 1. The molecule has 1 atom stereocenters. The van der Waals surface area contributed by atoms with Crippen LogP contribution in [-0.4, -0.2) is 65.6 Å². The Bertz CT molecular complexity index is 864. The van der Waals surface area contributed by atoms with Crippen LogP contribution in [0.5, 0.6) is 0 Å². The quantitative estimate of drug-likeness (QED) is 0.779. The zero-order chi connectivity index (χ0) is 20.3. The van der Waals surface area contributed by atoms with Crippen LogP contribution in [0.25, 0.3) is 11.3 Å². The number of hydrogen-bond acceptors (Lipinski definition) is 4. The summed E-state index contributed by atoms with van der Waals surface area (Å²) in [7, 11) is 5.61. The Balaban J connectivity index is 1.68. The fourth-order valence-corrected chi connectivity index (χ4v) is 3.37. The summed E-state index contributed by atoms with van der Waals surface area (Å²) in [6.45, 7) is 1.97. The molecule has 1 N–H and O–H groups in total. The van der Waals surface area contributed by atoms with Crippen LogP contribution in [0.2, 0.25) is 0 Å². The van der Waals surface area contributed by atoms with Gasteiger partial charge in [-0.3, -0.25) is 14.3 Å². The highest BCUT2D eigenvalue weighted by atomic mass is 19.1. The predicted octanol–water partition coefficient (Wildman–Crippen LogP) is 1.35. The van der Waals surface area contributed by atoms with Gasteiger partial charge in [0.05, 0.1) is 23.9 Å². The van der Waals surface area contributed by atoms with Gasteiger partial charge in [-0.25, -0.2) is 4.39 Å². The number of aromatic nitrogens is 2. The third-order valence-electron chi connectivity index (χ3n) is 4.83. The molecule has 28 heavy (non-hydrogen) atoms. The summed E-state index contributed by atoms with van der Waals surface area (Å²) < 4.78 is 15.9. The number of nitrogens with zero attached hydrogens (tertiary/aromatic N) is 4. The van der Waals surface area contributed by atoms with E-state index in [1.54, 1.807) is 34.8 Å². The van der Waals surface area contributed by atoms with Crippen LogP contribution in [-0.2, 0) is 22.7 Å². The summed E-state index contributed by atoms with van der Waals surface area (Å²) in [4.78, 5) is 27.5. The zero-order valence-electron chi connectivity index (χ0n) is 16.5. The van der Waals surface area contributed by atoms with E-state index < -0.39 is 0 Å². The number of rotatable bonds is 7. The highest BCUT2D eigenvalue weighted by Gasteiger charge is 2.31. The molecular formula is C20H26FN5O2. The van der Waals surface area contributed by atoms with E-state index >= 15 is 0 Å². The number of nitrogens with one attached hydrogen (secondary N) is 1. The molecule has 8 heteroatoms. The number of carbonyl (C=O) groups is 2. The van der Waals surface area contributed by atoms with Crippen LogP contribution in [0, 0.1) is 11.7 Å². The summed E-state index contributed by atoms with van der Waals surface area (Å²) in [6.07, 6.45) is 0.257. The Morgan fingerprint density at radius 2 is 2.11 bits per heavy atom.